The van der Waals surface area contributed by atoms with Crippen molar-refractivity contribution in [1.82, 2.24) is 15.4 Å². The summed E-state index contributed by atoms with van der Waals surface area (Å²) in [5.41, 5.74) is 4.39. The molecule has 0 radical (unpaired) electrons. The van der Waals surface area contributed by atoms with Crippen molar-refractivity contribution < 1.29 is 24.1 Å². The third-order valence-electron chi connectivity index (χ3n) is 7.24. The second kappa shape index (κ2) is 14.3. The Morgan fingerprint density at radius 3 is 2.07 bits per heavy atom. The van der Waals surface area contributed by atoms with Crippen LogP contribution in [0.1, 0.15) is 28.8 Å². The van der Waals surface area contributed by atoms with E-state index in [1.807, 2.05) is 54.6 Å². The standard InChI is InChI=1S/C32H27N5O5S2.HI/c1-41-35-28(29(39)36-42-30(40)25-17-18-43-27-19-26(38)37(25)27)24-20-44-31(33-24)34-32(21-11-5-2-6-12-21,22-13-7-3-8-14-22)23-15-9-4-10-16-23;/h2-17,20,27H,18-19H2,1H3,(H,33,34)(H,36,39);1H/b35-28-;/t27-;/m0./s1. The Kier molecular flexibility index (Phi) is 10.2. The van der Waals surface area contributed by atoms with Crippen molar-refractivity contribution in [2.24, 2.45) is 5.16 Å². The van der Waals surface area contributed by atoms with E-state index in [2.05, 4.69) is 52.4 Å². The van der Waals surface area contributed by atoms with E-state index in [1.54, 1.807) is 23.2 Å². The molecule has 0 bridgehead atoms. The van der Waals surface area contributed by atoms with Gasteiger partial charge < -0.3 is 15.0 Å². The lowest BCUT2D eigenvalue weighted by atomic mass is 9.77. The first kappa shape index (κ1) is 32.2. The van der Waals surface area contributed by atoms with Gasteiger partial charge in [0.25, 0.3) is 0 Å². The van der Waals surface area contributed by atoms with Crippen LogP contribution in [0.3, 0.4) is 0 Å². The largest absolute Gasteiger partial charge is 0.398 e. The van der Waals surface area contributed by atoms with Crippen molar-refractivity contribution in [2.75, 3.05) is 18.2 Å². The number of hydrogen-bond acceptors (Lipinski definition) is 10. The Morgan fingerprint density at radius 2 is 1.53 bits per heavy atom. The molecule has 0 aliphatic carbocycles. The topological polar surface area (TPSA) is 122 Å². The number of anilines is 1. The molecule has 1 aromatic heterocycles. The van der Waals surface area contributed by atoms with E-state index in [1.165, 1.54) is 23.3 Å². The van der Waals surface area contributed by atoms with E-state index in [0.717, 1.165) is 16.7 Å². The second-order valence-corrected chi connectivity index (χ2v) is 11.9. The van der Waals surface area contributed by atoms with Crippen LogP contribution in [-0.4, -0.2) is 51.6 Å². The van der Waals surface area contributed by atoms with Crippen molar-refractivity contribution in [1.29, 1.82) is 0 Å². The van der Waals surface area contributed by atoms with E-state index in [4.69, 9.17) is 14.7 Å². The molecule has 6 rings (SSSR count). The average Bonchev–Trinajstić information content (AvgIpc) is 3.53. The van der Waals surface area contributed by atoms with Crippen molar-refractivity contribution >= 4 is 75.7 Å². The van der Waals surface area contributed by atoms with Gasteiger partial charge in [-0.1, -0.05) is 96.2 Å². The lowest BCUT2D eigenvalue weighted by Gasteiger charge is -2.42. The minimum Gasteiger partial charge on any atom is -0.398 e. The van der Waals surface area contributed by atoms with Gasteiger partial charge in [0.2, 0.25) is 5.91 Å². The molecular weight excluding hydrogens is 725 g/mol. The highest BCUT2D eigenvalue weighted by Crippen LogP contribution is 2.41. The zero-order chi connectivity index (χ0) is 30.5. The molecule has 4 aromatic rings. The van der Waals surface area contributed by atoms with Crippen LogP contribution in [0.5, 0.6) is 0 Å². The monoisotopic (exact) mass is 753 g/mol. The van der Waals surface area contributed by atoms with Crippen molar-refractivity contribution in [2.45, 2.75) is 17.3 Å². The Balaban J connectivity index is 0.00000400. The summed E-state index contributed by atoms with van der Waals surface area (Å²) < 4.78 is 0. The summed E-state index contributed by atoms with van der Waals surface area (Å²) in [6, 6.07) is 30.1. The summed E-state index contributed by atoms with van der Waals surface area (Å²) >= 11 is 2.84. The normalized spacial score (nSPS) is 15.9. The third-order valence-corrected chi connectivity index (χ3v) is 9.11. The zero-order valence-electron chi connectivity index (χ0n) is 23.9. The van der Waals surface area contributed by atoms with Crippen molar-refractivity contribution in [3.05, 3.63) is 131 Å². The number of benzene rings is 3. The summed E-state index contributed by atoms with van der Waals surface area (Å²) in [6.07, 6.45) is 1.97. The molecule has 3 heterocycles. The minimum atomic E-state index is -0.840. The first-order chi connectivity index (χ1) is 21.5. The Hall–Kier alpha value is -4.21. The average molecular weight is 754 g/mol. The van der Waals surface area contributed by atoms with E-state index >= 15 is 0 Å². The maximum atomic E-state index is 13.1. The van der Waals surface area contributed by atoms with Gasteiger partial charge in [0, 0.05) is 11.1 Å². The first-order valence-electron chi connectivity index (χ1n) is 13.7. The number of β-lactam (4-membered cyclic amide) rings is 1. The highest BCUT2D eigenvalue weighted by molar-refractivity contribution is 14.0. The molecule has 45 heavy (non-hydrogen) atoms. The molecule has 2 N–H and O–H groups in total. The maximum Gasteiger partial charge on any atom is 0.379 e. The third kappa shape index (κ3) is 6.46. The van der Waals surface area contributed by atoms with Crippen molar-refractivity contribution in [3.8, 4) is 0 Å². The van der Waals surface area contributed by atoms with Gasteiger partial charge >= 0.3 is 11.9 Å². The number of fused-ring (bicyclic) bond motifs is 1. The SMILES string of the molecule is CO/N=C(\C(=O)NOC(=O)C1=CCS[C@H]2CC(=O)N12)c1csc(NC(c2ccccc2)(c2ccccc2)c2ccccc2)n1.I. The number of nitrogens with one attached hydrogen (secondary N) is 2. The van der Waals surface area contributed by atoms with Gasteiger partial charge in [-0.2, -0.15) is 5.48 Å². The molecule has 1 saturated heterocycles. The van der Waals surface area contributed by atoms with Gasteiger partial charge in [0.05, 0.1) is 11.8 Å². The van der Waals surface area contributed by atoms with Gasteiger partial charge in [-0.3, -0.25) is 14.5 Å². The highest BCUT2D eigenvalue weighted by Gasteiger charge is 2.43. The number of carbonyl (C=O) groups is 3. The van der Waals surface area contributed by atoms with Gasteiger partial charge in [0.15, 0.2) is 10.8 Å². The number of oxime groups is 1. The van der Waals surface area contributed by atoms with E-state index in [0.29, 0.717) is 17.3 Å². The second-order valence-electron chi connectivity index (χ2n) is 9.80. The molecule has 3 aromatic carbocycles. The van der Waals surface area contributed by atoms with E-state index in [9.17, 15) is 14.4 Å². The maximum absolute atomic E-state index is 13.1. The van der Waals surface area contributed by atoms with Crippen LogP contribution in [0.25, 0.3) is 0 Å². The number of nitrogens with zero attached hydrogens (tertiary/aromatic N) is 3. The summed E-state index contributed by atoms with van der Waals surface area (Å²) in [4.78, 5) is 53.9. The molecule has 0 saturated carbocycles. The first-order valence-corrected chi connectivity index (χ1v) is 15.6. The fourth-order valence-corrected chi connectivity index (χ4v) is 7.07. The van der Waals surface area contributed by atoms with Crippen LogP contribution < -0.4 is 10.8 Å². The molecule has 230 valence electrons. The summed E-state index contributed by atoms with van der Waals surface area (Å²) in [5.74, 6) is -1.28. The predicted octanol–water partition coefficient (Wildman–Crippen LogP) is 5.28. The molecule has 2 aliphatic heterocycles. The molecule has 13 heteroatoms. The number of hydrogen-bond donors (Lipinski definition) is 2. The number of amides is 2. The number of aromatic nitrogens is 1. The summed E-state index contributed by atoms with van der Waals surface area (Å²) in [5, 5.41) is 9.61. The minimum absolute atomic E-state index is 0. The fraction of sp³-hybridized carbons (Fsp3) is 0.156. The van der Waals surface area contributed by atoms with Crippen LogP contribution in [0.4, 0.5) is 5.13 Å². The van der Waals surface area contributed by atoms with Gasteiger partial charge in [-0.05, 0) is 22.8 Å². The van der Waals surface area contributed by atoms with E-state index < -0.39 is 17.4 Å². The van der Waals surface area contributed by atoms with E-state index in [-0.39, 0.29) is 52.4 Å². The molecule has 0 spiro atoms. The highest BCUT2D eigenvalue weighted by atomic mass is 127. The van der Waals surface area contributed by atoms with Crippen LogP contribution in [0.2, 0.25) is 0 Å². The van der Waals surface area contributed by atoms with Crippen LogP contribution in [0, 0.1) is 0 Å². The Bertz CT molecular complexity index is 1640. The molecular formula is C32H28IN5O5S2. The number of carbonyl (C=O) groups excluding carboxylic acids is 3. The molecule has 2 aliphatic rings. The van der Waals surface area contributed by atoms with Crippen LogP contribution in [0.15, 0.2) is 113 Å². The number of thiazole rings is 1. The smallest absolute Gasteiger partial charge is 0.379 e. The van der Waals surface area contributed by atoms with Gasteiger partial charge in [-0.15, -0.1) is 47.1 Å². The number of hydroxylamine groups is 1. The quantitative estimate of drug-likeness (QED) is 0.0780. The molecule has 2 amide bonds. The van der Waals surface area contributed by atoms with Gasteiger partial charge in [-0.25, -0.2) is 9.78 Å². The summed E-state index contributed by atoms with van der Waals surface area (Å²) in [7, 11) is 1.30. The number of halogens is 1. The number of thioether (sulfide) groups is 1. The lowest BCUT2D eigenvalue weighted by molar-refractivity contribution is -0.157. The lowest BCUT2D eigenvalue weighted by Crippen LogP contribution is -2.53. The predicted molar refractivity (Wildman–Crippen MR) is 184 cm³/mol. The van der Waals surface area contributed by atoms with Crippen LogP contribution in [-0.2, 0) is 29.6 Å². The van der Waals surface area contributed by atoms with Crippen LogP contribution >= 0.6 is 47.1 Å². The molecule has 1 atom stereocenters. The molecule has 0 unspecified atom stereocenters. The zero-order valence-corrected chi connectivity index (χ0v) is 27.9. The van der Waals surface area contributed by atoms with Gasteiger partial charge in [0.1, 0.15) is 24.0 Å². The fourth-order valence-electron chi connectivity index (χ4n) is 5.20. The van der Waals surface area contributed by atoms with Crippen molar-refractivity contribution in [3.63, 3.8) is 0 Å². The molecule has 1 fully saturated rings. The molecule has 10 nitrogen and oxygen atoms in total. The summed E-state index contributed by atoms with van der Waals surface area (Å²) in [6.45, 7) is 0. The Labute approximate surface area is 284 Å². The number of rotatable bonds is 9. The Morgan fingerprint density at radius 1 is 0.956 bits per heavy atom.